The number of nitrogens with zero attached hydrogens (tertiary/aromatic N) is 1. The van der Waals surface area contributed by atoms with Gasteiger partial charge in [0.05, 0.1) is 5.25 Å². The van der Waals surface area contributed by atoms with Crippen molar-refractivity contribution in [2.45, 2.75) is 18.1 Å². The van der Waals surface area contributed by atoms with E-state index in [1.165, 1.54) is 0 Å². The zero-order valence-electron chi connectivity index (χ0n) is 9.05. The summed E-state index contributed by atoms with van der Waals surface area (Å²) in [5.74, 6) is 5.34. The number of hydrogen-bond acceptors (Lipinski definition) is 4. The van der Waals surface area contributed by atoms with E-state index in [0.717, 1.165) is 0 Å². The van der Waals surface area contributed by atoms with Gasteiger partial charge in [0.1, 0.15) is 18.1 Å². The predicted molar refractivity (Wildman–Crippen MR) is 63.8 cm³/mol. The first-order valence-corrected chi connectivity index (χ1v) is 6.75. The second-order valence-electron chi connectivity index (χ2n) is 3.71. The lowest BCUT2D eigenvalue weighted by molar-refractivity contribution is 0.350. The number of sulfonamides is 1. The summed E-state index contributed by atoms with van der Waals surface area (Å²) < 4.78 is 25.7. The van der Waals surface area contributed by atoms with Crippen molar-refractivity contribution >= 4 is 15.8 Å². The summed E-state index contributed by atoms with van der Waals surface area (Å²) in [6.07, 6.45) is 1.42. The Labute approximate surface area is 99.9 Å². The third-order valence-corrected chi connectivity index (χ3v) is 4.10. The minimum absolute atomic E-state index is 0.250. The maximum atomic E-state index is 11.7. The Morgan fingerprint density at radius 1 is 1.47 bits per heavy atom. The molecule has 0 atom stereocenters. The second-order valence-corrected chi connectivity index (χ2v) is 5.68. The van der Waals surface area contributed by atoms with Crippen LogP contribution in [0.2, 0.25) is 0 Å². The molecule has 1 aromatic heterocycles. The first kappa shape index (κ1) is 11.9. The highest BCUT2D eigenvalue weighted by molar-refractivity contribution is 7.93. The molecule has 2 N–H and O–H groups in total. The molecule has 0 unspecified atom stereocenters. The van der Waals surface area contributed by atoms with Gasteiger partial charge >= 0.3 is 0 Å². The minimum atomic E-state index is -3.29. The van der Waals surface area contributed by atoms with Crippen molar-refractivity contribution in [3.8, 4) is 11.8 Å². The molecular weight excluding hydrogens is 240 g/mol. The van der Waals surface area contributed by atoms with E-state index >= 15 is 0 Å². The Morgan fingerprint density at radius 2 is 2.24 bits per heavy atom. The summed E-state index contributed by atoms with van der Waals surface area (Å²) in [5.41, 5.74) is 0.426. The maximum absolute atomic E-state index is 11.7. The van der Waals surface area contributed by atoms with Crippen molar-refractivity contribution in [3.05, 3.63) is 23.9 Å². The Kier molecular flexibility index (Phi) is 3.31. The van der Waals surface area contributed by atoms with E-state index < -0.39 is 10.0 Å². The lowest BCUT2D eigenvalue weighted by Gasteiger charge is -2.05. The molecule has 0 amide bonds. The van der Waals surface area contributed by atoms with E-state index in [9.17, 15) is 8.42 Å². The van der Waals surface area contributed by atoms with E-state index in [1.807, 2.05) is 0 Å². The molecule has 17 heavy (non-hydrogen) atoms. The predicted octanol–water partition coefficient (Wildman–Crippen LogP) is 0.329. The number of aliphatic hydroxyl groups is 1. The molecule has 1 saturated carbocycles. The molecule has 0 aliphatic heterocycles. The van der Waals surface area contributed by atoms with Gasteiger partial charge in [-0.2, -0.15) is 0 Å². The summed E-state index contributed by atoms with van der Waals surface area (Å²) in [6.45, 7) is -0.250. The van der Waals surface area contributed by atoms with Crippen LogP contribution >= 0.6 is 0 Å². The van der Waals surface area contributed by atoms with Gasteiger partial charge in [0.15, 0.2) is 0 Å². The molecule has 5 nitrogen and oxygen atoms in total. The fourth-order valence-corrected chi connectivity index (χ4v) is 2.63. The minimum Gasteiger partial charge on any atom is -0.384 e. The molecule has 1 aromatic rings. The standard InChI is InChI=1S/C11H12N2O3S/c14-8-2-4-9-3-1-5-11(12-9)13-17(15,16)10-6-7-10/h1,3,5,10,14H,6-8H2,(H,12,13). The summed E-state index contributed by atoms with van der Waals surface area (Å²) >= 11 is 0. The van der Waals surface area contributed by atoms with Crippen molar-refractivity contribution in [1.82, 2.24) is 4.98 Å². The largest absolute Gasteiger partial charge is 0.384 e. The number of aliphatic hydroxyl groups excluding tert-OH is 1. The van der Waals surface area contributed by atoms with Crippen LogP contribution in [-0.4, -0.2) is 30.4 Å². The first-order valence-electron chi connectivity index (χ1n) is 5.20. The number of nitrogens with one attached hydrogen (secondary N) is 1. The van der Waals surface area contributed by atoms with E-state index in [-0.39, 0.29) is 17.7 Å². The molecule has 0 spiro atoms. The van der Waals surface area contributed by atoms with Gasteiger partial charge in [0.25, 0.3) is 0 Å². The Balaban J connectivity index is 2.16. The summed E-state index contributed by atoms with van der Waals surface area (Å²) in [5, 5.41) is 8.27. The van der Waals surface area contributed by atoms with Crippen LogP contribution in [0.4, 0.5) is 5.82 Å². The van der Waals surface area contributed by atoms with Gasteiger partial charge in [-0.15, -0.1) is 0 Å². The molecule has 1 heterocycles. The van der Waals surface area contributed by atoms with Crippen molar-refractivity contribution in [2.75, 3.05) is 11.3 Å². The van der Waals surface area contributed by atoms with E-state index in [2.05, 4.69) is 21.5 Å². The normalized spacial score (nSPS) is 14.9. The van der Waals surface area contributed by atoms with Crippen molar-refractivity contribution in [1.29, 1.82) is 0 Å². The molecular formula is C11H12N2O3S. The highest BCUT2D eigenvalue weighted by Crippen LogP contribution is 2.29. The Morgan fingerprint density at radius 3 is 2.88 bits per heavy atom. The molecule has 90 valence electrons. The van der Waals surface area contributed by atoms with Gasteiger partial charge in [0, 0.05) is 0 Å². The van der Waals surface area contributed by atoms with Crippen LogP contribution in [0.1, 0.15) is 18.5 Å². The molecule has 2 rings (SSSR count). The van der Waals surface area contributed by atoms with Gasteiger partial charge in [-0.3, -0.25) is 4.72 Å². The summed E-state index contributed by atoms with van der Waals surface area (Å²) in [7, 11) is -3.29. The zero-order chi connectivity index (χ0) is 12.3. The van der Waals surface area contributed by atoms with E-state index in [1.54, 1.807) is 18.2 Å². The summed E-state index contributed by atoms with van der Waals surface area (Å²) in [6, 6.07) is 4.89. The van der Waals surface area contributed by atoms with Crippen LogP contribution in [0.3, 0.4) is 0 Å². The van der Waals surface area contributed by atoms with Gasteiger partial charge in [0.2, 0.25) is 10.0 Å². The Hall–Kier alpha value is -1.58. The average Bonchev–Trinajstić information content (AvgIpc) is 3.10. The van der Waals surface area contributed by atoms with Crippen LogP contribution in [0, 0.1) is 11.8 Å². The smallest absolute Gasteiger partial charge is 0.236 e. The molecule has 0 saturated heterocycles. The number of hydrogen-bond donors (Lipinski definition) is 2. The fourth-order valence-electron chi connectivity index (χ4n) is 1.30. The first-order chi connectivity index (χ1) is 8.12. The molecule has 0 radical (unpaired) electrons. The van der Waals surface area contributed by atoms with Crippen LogP contribution < -0.4 is 4.72 Å². The molecule has 1 fully saturated rings. The van der Waals surface area contributed by atoms with Gasteiger partial charge in [-0.25, -0.2) is 13.4 Å². The number of anilines is 1. The van der Waals surface area contributed by atoms with E-state index in [4.69, 9.17) is 5.11 Å². The van der Waals surface area contributed by atoms with Gasteiger partial charge < -0.3 is 5.11 Å². The van der Waals surface area contributed by atoms with E-state index in [0.29, 0.717) is 18.5 Å². The summed E-state index contributed by atoms with van der Waals surface area (Å²) in [4.78, 5) is 4.03. The third kappa shape index (κ3) is 3.19. The zero-order valence-corrected chi connectivity index (χ0v) is 9.87. The van der Waals surface area contributed by atoms with Crippen molar-refractivity contribution < 1.29 is 13.5 Å². The monoisotopic (exact) mass is 252 g/mol. The van der Waals surface area contributed by atoms with Crippen LogP contribution in [0.25, 0.3) is 0 Å². The molecule has 1 aliphatic carbocycles. The lowest BCUT2D eigenvalue weighted by Crippen LogP contribution is -2.18. The topological polar surface area (TPSA) is 79.3 Å². The number of rotatable bonds is 3. The van der Waals surface area contributed by atoms with Crippen LogP contribution in [0.5, 0.6) is 0 Å². The number of aromatic nitrogens is 1. The third-order valence-electron chi connectivity index (χ3n) is 2.25. The quantitative estimate of drug-likeness (QED) is 0.760. The molecule has 6 heteroatoms. The maximum Gasteiger partial charge on any atom is 0.236 e. The number of pyridine rings is 1. The fraction of sp³-hybridized carbons (Fsp3) is 0.364. The van der Waals surface area contributed by atoms with Gasteiger partial charge in [-0.1, -0.05) is 12.0 Å². The van der Waals surface area contributed by atoms with Crippen LogP contribution in [0.15, 0.2) is 18.2 Å². The second kappa shape index (κ2) is 4.73. The van der Waals surface area contributed by atoms with Crippen molar-refractivity contribution in [3.63, 3.8) is 0 Å². The molecule has 1 aliphatic rings. The lowest BCUT2D eigenvalue weighted by atomic mass is 10.3. The SMILES string of the molecule is O=S(=O)(Nc1cccc(C#CCO)n1)C1CC1. The van der Waals surface area contributed by atoms with Crippen molar-refractivity contribution in [2.24, 2.45) is 0 Å². The molecule has 0 aromatic carbocycles. The highest BCUT2D eigenvalue weighted by Gasteiger charge is 2.35. The highest BCUT2D eigenvalue weighted by atomic mass is 32.2. The van der Waals surface area contributed by atoms with Gasteiger partial charge in [-0.05, 0) is 30.9 Å². The Bertz CT molecular complexity index is 568. The average molecular weight is 252 g/mol. The molecule has 0 bridgehead atoms. The van der Waals surface area contributed by atoms with Crippen LogP contribution in [-0.2, 0) is 10.0 Å².